The Morgan fingerprint density at radius 1 is 1.26 bits per heavy atom. The van der Waals surface area contributed by atoms with E-state index in [1.165, 1.54) is 25.7 Å². The van der Waals surface area contributed by atoms with E-state index < -0.39 is 22.0 Å². The first kappa shape index (κ1) is 21.7. The summed E-state index contributed by atoms with van der Waals surface area (Å²) in [6.45, 7) is 2.93. The van der Waals surface area contributed by atoms with Gasteiger partial charge in [0.15, 0.2) is 0 Å². The van der Waals surface area contributed by atoms with Crippen LogP contribution in [0.1, 0.15) is 37.7 Å². The van der Waals surface area contributed by atoms with Gasteiger partial charge in [-0.1, -0.05) is 18.6 Å². The predicted octanol–water partition coefficient (Wildman–Crippen LogP) is 1.78. The van der Waals surface area contributed by atoms with Crippen LogP contribution >= 0.6 is 0 Å². The molecule has 1 atom stereocenters. The molecule has 3 N–H and O–H groups in total. The Labute approximate surface area is 161 Å². The zero-order valence-electron chi connectivity index (χ0n) is 15.8. The smallest absolute Gasteiger partial charge is 0.322 e. The lowest BCUT2D eigenvalue weighted by Gasteiger charge is -2.22. The Balaban J connectivity index is 1.71. The van der Waals surface area contributed by atoms with Crippen LogP contribution in [0.3, 0.4) is 0 Å². The van der Waals surface area contributed by atoms with Crippen LogP contribution in [0.4, 0.5) is 0 Å². The molecule has 0 saturated carbocycles. The Kier molecular flexibility index (Phi) is 8.53. The molecular formula is C19H30N2O5S. The zero-order valence-corrected chi connectivity index (χ0v) is 16.6. The van der Waals surface area contributed by atoms with Gasteiger partial charge in [0, 0.05) is 0 Å². The first-order chi connectivity index (χ1) is 12.8. The van der Waals surface area contributed by atoms with E-state index >= 15 is 0 Å². The summed E-state index contributed by atoms with van der Waals surface area (Å²) in [6, 6.07) is 5.94. The first-order valence-electron chi connectivity index (χ1n) is 9.46. The molecule has 0 bridgehead atoms. The van der Waals surface area contributed by atoms with Gasteiger partial charge in [-0.3, -0.25) is 4.79 Å². The van der Waals surface area contributed by atoms with Gasteiger partial charge >= 0.3 is 5.97 Å². The number of piperidine rings is 1. The third-order valence-electron chi connectivity index (χ3n) is 4.75. The zero-order chi connectivity index (χ0) is 19.7. The topological polar surface area (TPSA) is 105 Å². The summed E-state index contributed by atoms with van der Waals surface area (Å²) in [5.74, 6) is 0.381. The molecule has 0 aliphatic carbocycles. The third-order valence-corrected chi connectivity index (χ3v) is 5.46. The molecule has 8 heteroatoms. The number of unbranched alkanes of at least 4 members (excludes halogenated alkanes) is 1. The molecule has 152 valence electrons. The van der Waals surface area contributed by atoms with Gasteiger partial charge in [0.25, 0.3) is 0 Å². The van der Waals surface area contributed by atoms with Crippen LogP contribution in [0.2, 0.25) is 0 Å². The third kappa shape index (κ3) is 8.73. The van der Waals surface area contributed by atoms with E-state index in [1.807, 2.05) is 0 Å². The van der Waals surface area contributed by atoms with Gasteiger partial charge in [0.05, 0.1) is 12.9 Å². The predicted molar refractivity (Wildman–Crippen MR) is 104 cm³/mol. The average Bonchev–Trinajstić information content (AvgIpc) is 2.62. The van der Waals surface area contributed by atoms with Crippen molar-refractivity contribution < 1.29 is 23.1 Å². The van der Waals surface area contributed by atoms with E-state index in [-0.39, 0.29) is 6.42 Å². The molecule has 1 saturated heterocycles. The molecule has 1 aliphatic heterocycles. The number of carbonyl (C=O) groups is 1. The highest BCUT2D eigenvalue weighted by atomic mass is 32.2. The van der Waals surface area contributed by atoms with Crippen molar-refractivity contribution in [3.63, 3.8) is 0 Å². The lowest BCUT2D eigenvalue weighted by Crippen LogP contribution is -2.41. The molecule has 1 aromatic carbocycles. The van der Waals surface area contributed by atoms with Crippen LogP contribution in [0, 0.1) is 5.92 Å². The molecule has 0 unspecified atom stereocenters. The minimum atomic E-state index is -3.58. The quantitative estimate of drug-likeness (QED) is 0.491. The largest absolute Gasteiger partial charge is 0.494 e. The SMILES string of the molecule is CS(=O)(=O)N[C@@H](Cc1ccc(OCCCCC2CCNCC2)cc1)C(=O)O. The molecule has 0 radical (unpaired) electrons. The Morgan fingerprint density at radius 2 is 1.93 bits per heavy atom. The van der Waals surface area contributed by atoms with E-state index in [4.69, 9.17) is 9.84 Å². The lowest BCUT2D eigenvalue weighted by molar-refractivity contribution is -0.138. The highest BCUT2D eigenvalue weighted by molar-refractivity contribution is 7.88. The number of benzene rings is 1. The number of carboxylic acids is 1. The van der Waals surface area contributed by atoms with Crippen molar-refractivity contribution in [1.29, 1.82) is 0 Å². The van der Waals surface area contributed by atoms with Crippen LogP contribution in [-0.4, -0.2) is 51.5 Å². The van der Waals surface area contributed by atoms with E-state index in [0.29, 0.717) is 6.61 Å². The molecule has 1 aliphatic rings. The van der Waals surface area contributed by atoms with Crippen molar-refractivity contribution in [3.8, 4) is 5.75 Å². The van der Waals surface area contributed by atoms with Crippen molar-refractivity contribution in [1.82, 2.24) is 10.0 Å². The molecule has 2 rings (SSSR count). The Morgan fingerprint density at radius 3 is 2.52 bits per heavy atom. The monoisotopic (exact) mass is 398 g/mol. The Hall–Kier alpha value is -1.64. The van der Waals surface area contributed by atoms with Crippen LogP contribution in [0.25, 0.3) is 0 Å². The number of carboxylic acid groups (broad SMARTS) is 1. The summed E-state index contributed by atoms with van der Waals surface area (Å²) < 4.78 is 30.4. The maximum absolute atomic E-state index is 11.3. The number of hydrogen-bond acceptors (Lipinski definition) is 5. The minimum Gasteiger partial charge on any atom is -0.494 e. The summed E-state index contributed by atoms with van der Waals surface area (Å²) in [6.07, 6.45) is 7.02. The van der Waals surface area contributed by atoms with Gasteiger partial charge in [-0.15, -0.1) is 0 Å². The van der Waals surface area contributed by atoms with Crippen LogP contribution < -0.4 is 14.8 Å². The highest BCUT2D eigenvalue weighted by Gasteiger charge is 2.21. The number of rotatable bonds is 11. The number of hydrogen-bond donors (Lipinski definition) is 3. The standard InChI is InChI=1S/C19H30N2O5S/c1-27(24,25)21-18(19(22)23)14-16-5-7-17(8-6-16)26-13-3-2-4-15-9-11-20-12-10-15/h5-8,15,18,20-21H,2-4,9-14H2,1H3,(H,22,23)/t18-/m0/s1. The van der Waals surface area contributed by atoms with Gasteiger partial charge in [-0.05, 0) is 68.8 Å². The normalized spacial score (nSPS) is 16.8. The van der Waals surface area contributed by atoms with E-state index in [9.17, 15) is 13.2 Å². The first-order valence-corrected chi connectivity index (χ1v) is 11.4. The minimum absolute atomic E-state index is 0.0823. The molecule has 27 heavy (non-hydrogen) atoms. The van der Waals surface area contributed by atoms with Gasteiger partial charge in [-0.25, -0.2) is 13.1 Å². The molecule has 1 aromatic rings. The maximum atomic E-state index is 11.3. The van der Waals surface area contributed by atoms with Crippen LogP contribution in [-0.2, 0) is 21.2 Å². The Bertz CT molecular complexity index is 685. The van der Waals surface area contributed by atoms with E-state index in [1.54, 1.807) is 24.3 Å². The molecular weight excluding hydrogens is 368 g/mol. The average molecular weight is 399 g/mol. The van der Waals surface area contributed by atoms with E-state index in [2.05, 4.69) is 10.0 Å². The summed E-state index contributed by atoms with van der Waals surface area (Å²) in [7, 11) is -3.58. The van der Waals surface area contributed by atoms with Gasteiger partial charge in [0.1, 0.15) is 11.8 Å². The van der Waals surface area contributed by atoms with Crippen LogP contribution in [0.15, 0.2) is 24.3 Å². The number of sulfonamides is 1. The molecule has 0 aromatic heterocycles. The second-order valence-electron chi connectivity index (χ2n) is 7.17. The van der Waals surface area contributed by atoms with Crippen molar-refractivity contribution in [2.45, 2.75) is 44.6 Å². The van der Waals surface area contributed by atoms with Crippen molar-refractivity contribution in [2.75, 3.05) is 26.0 Å². The number of aliphatic carboxylic acids is 1. The second kappa shape index (κ2) is 10.6. The lowest BCUT2D eigenvalue weighted by atomic mass is 9.93. The summed E-state index contributed by atoms with van der Waals surface area (Å²) in [4.78, 5) is 11.2. The second-order valence-corrected chi connectivity index (χ2v) is 8.95. The molecule has 7 nitrogen and oxygen atoms in total. The molecule has 0 spiro atoms. The van der Waals surface area contributed by atoms with E-state index in [0.717, 1.165) is 43.0 Å². The van der Waals surface area contributed by atoms with Crippen molar-refractivity contribution in [2.24, 2.45) is 5.92 Å². The fourth-order valence-electron chi connectivity index (χ4n) is 3.29. The maximum Gasteiger partial charge on any atom is 0.322 e. The number of nitrogens with one attached hydrogen (secondary N) is 2. The van der Waals surface area contributed by atoms with Crippen LogP contribution in [0.5, 0.6) is 5.75 Å². The molecule has 0 amide bonds. The summed E-state index contributed by atoms with van der Waals surface area (Å²) in [5, 5.41) is 12.5. The van der Waals surface area contributed by atoms with Crippen molar-refractivity contribution >= 4 is 16.0 Å². The van der Waals surface area contributed by atoms with Gasteiger partial charge < -0.3 is 15.2 Å². The molecule has 1 heterocycles. The van der Waals surface area contributed by atoms with Crippen molar-refractivity contribution in [3.05, 3.63) is 29.8 Å². The number of ether oxygens (including phenoxy) is 1. The fraction of sp³-hybridized carbons (Fsp3) is 0.632. The van der Waals surface area contributed by atoms with Gasteiger partial charge in [-0.2, -0.15) is 0 Å². The van der Waals surface area contributed by atoms with Gasteiger partial charge in [0.2, 0.25) is 10.0 Å². The highest BCUT2D eigenvalue weighted by Crippen LogP contribution is 2.19. The fourth-order valence-corrected chi connectivity index (χ4v) is 3.99. The molecule has 1 fully saturated rings. The summed E-state index contributed by atoms with van der Waals surface area (Å²) >= 11 is 0. The summed E-state index contributed by atoms with van der Waals surface area (Å²) in [5.41, 5.74) is 0.733.